The standard InChI is InChI=1S/C12H16N2O2S/c1-8(12(16)14(2)3)13-11(15)9-6-4-5-7-10(9)17/h4-8,17H,1-3H3,(H,13,15). The van der Waals surface area contributed by atoms with E-state index in [4.69, 9.17) is 0 Å². The molecule has 0 spiro atoms. The molecule has 0 saturated carbocycles. The summed E-state index contributed by atoms with van der Waals surface area (Å²) in [5.41, 5.74) is 0.467. The van der Waals surface area contributed by atoms with Gasteiger partial charge >= 0.3 is 0 Å². The maximum Gasteiger partial charge on any atom is 0.253 e. The van der Waals surface area contributed by atoms with E-state index in [1.807, 2.05) is 0 Å². The minimum atomic E-state index is -0.551. The lowest BCUT2D eigenvalue weighted by molar-refractivity contribution is -0.130. The number of amides is 2. The molecule has 1 N–H and O–H groups in total. The Labute approximate surface area is 106 Å². The van der Waals surface area contributed by atoms with E-state index < -0.39 is 6.04 Å². The molecule has 5 heteroatoms. The zero-order valence-corrected chi connectivity index (χ0v) is 11.0. The molecule has 0 bridgehead atoms. The summed E-state index contributed by atoms with van der Waals surface area (Å²) >= 11 is 4.20. The van der Waals surface area contributed by atoms with E-state index >= 15 is 0 Å². The number of hydrogen-bond acceptors (Lipinski definition) is 3. The fourth-order valence-corrected chi connectivity index (χ4v) is 1.65. The maximum atomic E-state index is 11.9. The molecule has 1 atom stereocenters. The number of benzene rings is 1. The third-order valence-electron chi connectivity index (χ3n) is 2.31. The lowest BCUT2D eigenvalue weighted by Gasteiger charge is -2.18. The van der Waals surface area contributed by atoms with E-state index in [1.54, 1.807) is 45.3 Å². The number of carbonyl (C=O) groups excluding carboxylic acids is 2. The molecule has 17 heavy (non-hydrogen) atoms. The Hall–Kier alpha value is -1.49. The van der Waals surface area contributed by atoms with Gasteiger partial charge in [-0.15, -0.1) is 12.6 Å². The number of likely N-dealkylation sites (N-methyl/N-ethyl adjacent to an activating group) is 1. The van der Waals surface area contributed by atoms with Gasteiger partial charge in [-0.1, -0.05) is 12.1 Å². The smallest absolute Gasteiger partial charge is 0.253 e. The highest BCUT2D eigenvalue weighted by atomic mass is 32.1. The average molecular weight is 252 g/mol. The number of nitrogens with zero attached hydrogens (tertiary/aromatic N) is 1. The van der Waals surface area contributed by atoms with E-state index in [0.717, 1.165) is 0 Å². The fourth-order valence-electron chi connectivity index (χ4n) is 1.39. The second-order valence-electron chi connectivity index (χ2n) is 3.94. The molecule has 0 aliphatic heterocycles. The topological polar surface area (TPSA) is 49.4 Å². The van der Waals surface area contributed by atoms with Crippen LogP contribution in [-0.2, 0) is 4.79 Å². The van der Waals surface area contributed by atoms with Crippen molar-refractivity contribution in [2.24, 2.45) is 0 Å². The summed E-state index contributed by atoms with van der Waals surface area (Å²) in [5, 5.41) is 2.64. The van der Waals surface area contributed by atoms with Gasteiger partial charge in [-0.3, -0.25) is 9.59 Å². The van der Waals surface area contributed by atoms with Crippen molar-refractivity contribution >= 4 is 24.4 Å². The van der Waals surface area contributed by atoms with E-state index in [0.29, 0.717) is 10.5 Å². The molecule has 0 heterocycles. The fraction of sp³-hybridized carbons (Fsp3) is 0.333. The number of thiol groups is 1. The molecular weight excluding hydrogens is 236 g/mol. The van der Waals surface area contributed by atoms with Crippen LogP contribution in [0.25, 0.3) is 0 Å². The van der Waals surface area contributed by atoms with Gasteiger partial charge in [0.2, 0.25) is 5.91 Å². The number of hydrogen-bond donors (Lipinski definition) is 2. The number of carbonyl (C=O) groups is 2. The predicted molar refractivity (Wildman–Crippen MR) is 69.3 cm³/mol. The molecule has 0 fully saturated rings. The molecule has 2 amide bonds. The maximum absolute atomic E-state index is 11.9. The van der Waals surface area contributed by atoms with Crippen molar-refractivity contribution in [3.63, 3.8) is 0 Å². The number of rotatable bonds is 3. The number of nitrogens with one attached hydrogen (secondary N) is 1. The van der Waals surface area contributed by atoms with Crippen molar-refractivity contribution < 1.29 is 9.59 Å². The minimum absolute atomic E-state index is 0.144. The molecule has 4 nitrogen and oxygen atoms in total. The SMILES string of the molecule is CC(NC(=O)c1ccccc1S)C(=O)N(C)C. The van der Waals surface area contributed by atoms with Crippen molar-refractivity contribution in [3.8, 4) is 0 Å². The van der Waals surface area contributed by atoms with Crippen molar-refractivity contribution in [1.29, 1.82) is 0 Å². The summed E-state index contributed by atoms with van der Waals surface area (Å²) in [6.45, 7) is 1.65. The summed E-state index contributed by atoms with van der Waals surface area (Å²) in [7, 11) is 3.30. The minimum Gasteiger partial charge on any atom is -0.347 e. The van der Waals surface area contributed by atoms with Gasteiger partial charge in [0.15, 0.2) is 0 Å². The Bertz CT molecular complexity index is 432. The summed E-state index contributed by atoms with van der Waals surface area (Å²) in [6, 6.07) is 6.41. The van der Waals surface area contributed by atoms with Gasteiger partial charge in [-0.05, 0) is 19.1 Å². The molecule has 0 saturated heterocycles. The highest BCUT2D eigenvalue weighted by molar-refractivity contribution is 7.80. The predicted octanol–water partition coefficient (Wildman–Crippen LogP) is 1.18. The second-order valence-corrected chi connectivity index (χ2v) is 4.43. The molecule has 0 aliphatic rings. The molecule has 1 unspecified atom stereocenters. The third-order valence-corrected chi connectivity index (χ3v) is 2.70. The molecule has 0 radical (unpaired) electrons. The monoisotopic (exact) mass is 252 g/mol. The van der Waals surface area contributed by atoms with Crippen LogP contribution in [0.15, 0.2) is 29.2 Å². The second kappa shape index (κ2) is 5.72. The van der Waals surface area contributed by atoms with Crippen molar-refractivity contribution in [1.82, 2.24) is 10.2 Å². The normalized spacial score (nSPS) is 11.8. The first-order valence-electron chi connectivity index (χ1n) is 5.23. The highest BCUT2D eigenvalue weighted by Gasteiger charge is 2.18. The first kappa shape index (κ1) is 13.6. The quantitative estimate of drug-likeness (QED) is 0.794. The van der Waals surface area contributed by atoms with Crippen LogP contribution in [0.1, 0.15) is 17.3 Å². The zero-order valence-electron chi connectivity index (χ0n) is 10.1. The van der Waals surface area contributed by atoms with Crippen LogP contribution in [0.2, 0.25) is 0 Å². The largest absolute Gasteiger partial charge is 0.347 e. The van der Waals surface area contributed by atoms with E-state index in [1.165, 1.54) is 4.90 Å². The van der Waals surface area contributed by atoms with Crippen LogP contribution in [-0.4, -0.2) is 36.9 Å². The van der Waals surface area contributed by atoms with Crippen LogP contribution in [0.4, 0.5) is 0 Å². The van der Waals surface area contributed by atoms with Gasteiger partial charge in [-0.2, -0.15) is 0 Å². The lowest BCUT2D eigenvalue weighted by atomic mass is 10.2. The average Bonchev–Trinajstić information content (AvgIpc) is 2.28. The lowest BCUT2D eigenvalue weighted by Crippen LogP contribution is -2.44. The summed E-state index contributed by atoms with van der Waals surface area (Å²) in [4.78, 5) is 25.5. The molecular formula is C12H16N2O2S. The summed E-state index contributed by atoms with van der Waals surface area (Å²) in [5.74, 6) is -0.437. The van der Waals surface area contributed by atoms with Gasteiger partial charge < -0.3 is 10.2 Å². The van der Waals surface area contributed by atoms with Crippen molar-refractivity contribution in [2.75, 3.05) is 14.1 Å². The first-order chi connectivity index (χ1) is 7.93. The van der Waals surface area contributed by atoms with Crippen LogP contribution >= 0.6 is 12.6 Å². The Balaban J connectivity index is 2.74. The van der Waals surface area contributed by atoms with Crippen LogP contribution in [0.5, 0.6) is 0 Å². The Morgan fingerprint density at radius 3 is 2.41 bits per heavy atom. The summed E-state index contributed by atoms with van der Waals surface area (Å²) < 4.78 is 0. The Morgan fingerprint density at radius 1 is 1.29 bits per heavy atom. The first-order valence-corrected chi connectivity index (χ1v) is 5.68. The Morgan fingerprint density at radius 2 is 1.88 bits per heavy atom. The zero-order chi connectivity index (χ0) is 13.0. The van der Waals surface area contributed by atoms with Crippen molar-refractivity contribution in [3.05, 3.63) is 29.8 Å². The third kappa shape index (κ3) is 3.49. The van der Waals surface area contributed by atoms with Crippen LogP contribution in [0.3, 0.4) is 0 Å². The van der Waals surface area contributed by atoms with Crippen molar-refractivity contribution in [2.45, 2.75) is 17.9 Å². The van der Waals surface area contributed by atoms with E-state index in [-0.39, 0.29) is 11.8 Å². The molecule has 1 aromatic carbocycles. The molecule has 92 valence electrons. The molecule has 0 aliphatic carbocycles. The van der Waals surface area contributed by atoms with Gasteiger partial charge in [0.25, 0.3) is 5.91 Å². The molecule has 1 aromatic rings. The van der Waals surface area contributed by atoms with Crippen LogP contribution < -0.4 is 5.32 Å². The highest BCUT2D eigenvalue weighted by Crippen LogP contribution is 2.12. The summed E-state index contributed by atoms with van der Waals surface area (Å²) in [6.07, 6.45) is 0. The van der Waals surface area contributed by atoms with Gasteiger partial charge in [0.05, 0.1) is 5.56 Å². The molecule has 1 rings (SSSR count). The van der Waals surface area contributed by atoms with Crippen LogP contribution in [0, 0.1) is 0 Å². The Kier molecular flexibility index (Phi) is 4.57. The van der Waals surface area contributed by atoms with Gasteiger partial charge in [-0.25, -0.2) is 0 Å². The molecule has 0 aromatic heterocycles. The van der Waals surface area contributed by atoms with Gasteiger partial charge in [0.1, 0.15) is 6.04 Å². The van der Waals surface area contributed by atoms with E-state index in [9.17, 15) is 9.59 Å². The van der Waals surface area contributed by atoms with E-state index in [2.05, 4.69) is 17.9 Å². The van der Waals surface area contributed by atoms with Gasteiger partial charge in [0, 0.05) is 19.0 Å².